The van der Waals surface area contributed by atoms with Crippen LogP contribution in [0.2, 0.25) is 0 Å². The van der Waals surface area contributed by atoms with Crippen molar-refractivity contribution in [2.75, 3.05) is 18.1 Å². The summed E-state index contributed by atoms with van der Waals surface area (Å²) in [7, 11) is -3.41. The second-order valence-corrected chi connectivity index (χ2v) is 8.42. The van der Waals surface area contributed by atoms with E-state index in [0.29, 0.717) is 11.3 Å². The zero-order valence-electron chi connectivity index (χ0n) is 13.7. The van der Waals surface area contributed by atoms with E-state index in [-0.39, 0.29) is 22.9 Å². The third-order valence-corrected chi connectivity index (χ3v) is 5.06. The maximum absolute atomic E-state index is 12.3. The number of halogens is 1. The van der Waals surface area contributed by atoms with Crippen LogP contribution in [0, 0.1) is 6.92 Å². The molecule has 0 heterocycles. The lowest BCUT2D eigenvalue weighted by Gasteiger charge is -2.10. The lowest BCUT2D eigenvalue weighted by atomic mass is 10.1. The van der Waals surface area contributed by atoms with Gasteiger partial charge in [-0.15, -0.1) is 0 Å². The number of carbonyl (C=O) groups is 2. The van der Waals surface area contributed by atoms with Crippen molar-refractivity contribution in [1.82, 2.24) is 5.32 Å². The largest absolute Gasteiger partial charge is 0.343 e. The SMILES string of the molecule is Cc1ccc(S(C)(=O)=O)cc1C(=O)NCC(=O)Nc1ccc(Br)cc1. The fraction of sp³-hybridized carbons (Fsp3) is 0.176. The van der Waals surface area contributed by atoms with Gasteiger partial charge in [-0.3, -0.25) is 9.59 Å². The smallest absolute Gasteiger partial charge is 0.252 e. The maximum Gasteiger partial charge on any atom is 0.252 e. The van der Waals surface area contributed by atoms with Gasteiger partial charge in [-0.25, -0.2) is 8.42 Å². The Hall–Kier alpha value is -2.19. The van der Waals surface area contributed by atoms with E-state index in [1.165, 1.54) is 12.1 Å². The molecule has 2 rings (SSSR count). The van der Waals surface area contributed by atoms with Gasteiger partial charge in [0.25, 0.3) is 5.91 Å². The lowest BCUT2D eigenvalue weighted by Crippen LogP contribution is -2.33. The molecule has 2 N–H and O–H groups in total. The standard InChI is InChI=1S/C17H17BrN2O4S/c1-11-3-8-14(25(2,23)24)9-15(11)17(22)19-10-16(21)20-13-6-4-12(18)5-7-13/h3-9H,10H2,1-2H3,(H,19,22)(H,20,21). The molecule has 132 valence electrons. The summed E-state index contributed by atoms with van der Waals surface area (Å²) in [6.45, 7) is 1.47. The first-order chi connectivity index (χ1) is 11.7. The Morgan fingerprint density at radius 1 is 1.08 bits per heavy atom. The van der Waals surface area contributed by atoms with E-state index in [0.717, 1.165) is 10.7 Å². The molecule has 0 aliphatic heterocycles. The van der Waals surface area contributed by atoms with Gasteiger partial charge < -0.3 is 10.6 Å². The number of aryl methyl sites for hydroxylation is 1. The van der Waals surface area contributed by atoms with Gasteiger partial charge in [-0.1, -0.05) is 22.0 Å². The number of hydrogen-bond acceptors (Lipinski definition) is 4. The number of sulfone groups is 1. The number of hydrogen-bond donors (Lipinski definition) is 2. The van der Waals surface area contributed by atoms with E-state index in [2.05, 4.69) is 26.6 Å². The van der Waals surface area contributed by atoms with E-state index >= 15 is 0 Å². The van der Waals surface area contributed by atoms with Crippen LogP contribution in [-0.4, -0.2) is 33.0 Å². The Balaban J connectivity index is 2.02. The third kappa shape index (κ3) is 5.40. The normalized spacial score (nSPS) is 11.0. The fourth-order valence-corrected chi connectivity index (χ4v) is 2.98. The zero-order valence-corrected chi connectivity index (χ0v) is 16.1. The van der Waals surface area contributed by atoms with Gasteiger partial charge in [0.15, 0.2) is 9.84 Å². The van der Waals surface area contributed by atoms with E-state index in [4.69, 9.17) is 0 Å². The Morgan fingerprint density at radius 3 is 2.32 bits per heavy atom. The molecule has 0 saturated heterocycles. The molecule has 0 aliphatic carbocycles. The van der Waals surface area contributed by atoms with Crippen molar-refractivity contribution < 1.29 is 18.0 Å². The van der Waals surface area contributed by atoms with Gasteiger partial charge in [0.05, 0.1) is 11.4 Å². The molecule has 0 bridgehead atoms. The predicted molar refractivity (Wildman–Crippen MR) is 99.4 cm³/mol. The Labute approximate surface area is 154 Å². The lowest BCUT2D eigenvalue weighted by molar-refractivity contribution is -0.115. The van der Waals surface area contributed by atoms with E-state index in [9.17, 15) is 18.0 Å². The molecule has 2 amide bonds. The van der Waals surface area contributed by atoms with Crippen molar-refractivity contribution in [2.24, 2.45) is 0 Å². The van der Waals surface area contributed by atoms with Gasteiger partial charge in [0, 0.05) is 22.0 Å². The molecule has 25 heavy (non-hydrogen) atoms. The van der Waals surface area contributed by atoms with Crippen molar-refractivity contribution in [3.63, 3.8) is 0 Å². The number of anilines is 1. The van der Waals surface area contributed by atoms with E-state index in [1.807, 2.05) is 0 Å². The van der Waals surface area contributed by atoms with Crippen molar-refractivity contribution >= 4 is 43.3 Å². The van der Waals surface area contributed by atoms with Crippen LogP contribution in [0.15, 0.2) is 51.8 Å². The second kappa shape index (κ2) is 7.79. The average Bonchev–Trinajstić information content (AvgIpc) is 2.54. The summed E-state index contributed by atoms with van der Waals surface area (Å²) in [5.41, 5.74) is 1.45. The molecule has 8 heteroatoms. The van der Waals surface area contributed by atoms with Crippen LogP contribution in [0.5, 0.6) is 0 Å². The molecule has 0 radical (unpaired) electrons. The minimum Gasteiger partial charge on any atom is -0.343 e. The maximum atomic E-state index is 12.3. The van der Waals surface area contributed by atoms with E-state index in [1.54, 1.807) is 37.3 Å². The molecule has 0 saturated carbocycles. The highest BCUT2D eigenvalue weighted by molar-refractivity contribution is 9.10. The number of carbonyl (C=O) groups excluding carboxylic acids is 2. The molecule has 0 aliphatic rings. The monoisotopic (exact) mass is 424 g/mol. The van der Waals surface area contributed by atoms with Gasteiger partial charge in [-0.05, 0) is 48.9 Å². The fourth-order valence-electron chi connectivity index (χ4n) is 2.07. The minimum atomic E-state index is -3.41. The first-order valence-electron chi connectivity index (χ1n) is 7.31. The van der Waals surface area contributed by atoms with Crippen LogP contribution < -0.4 is 10.6 Å². The topological polar surface area (TPSA) is 92.3 Å². The van der Waals surface area contributed by atoms with Crippen LogP contribution in [0.1, 0.15) is 15.9 Å². The summed E-state index contributed by atoms with van der Waals surface area (Å²) in [6.07, 6.45) is 1.07. The zero-order chi connectivity index (χ0) is 18.6. The van der Waals surface area contributed by atoms with Crippen molar-refractivity contribution in [2.45, 2.75) is 11.8 Å². The highest BCUT2D eigenvalue weighted by Gasteiger charge is 2.15. The number of rotatable bonds is 5. The first-order valence-corrected chi connectivity index (χ1v) is 9.99. The van der Waals surface area contributed by atoms with Gasteiger partial charge in [0.1, 0.15) is 0 Å². The van der Waals surface area contributed by atoms with E-state index < -0.39 is 15.7 Å². The molecule has 0 unspecified atom stereocenters. The molecular formula is C17H17BrN2O4S. The molecule has 0 atom stereocenters. The quantitative estimate of drug-likeness (QED) is 0.770. The minimum absolute atomic E-state index is 0.0579. The average molecular weight is 425 g/mol. The molecule has 2 aromatic carbocycles. The molecule has 2 aromatic rings. The molecule has 0 spiro atoms. The van der Waals surface area contributed by atoms with Gasteiger partial charge >= 0.3 is 0 Å². The van der Waals surface area contributed by atoms with Crippen molar-refractivity contribution in [1.29, 1.82) is 0 Å². The van der Waals surface area contributed by atoms with Crippen LogP contribution in [0.3, 0.4) is 0 Å². The summed E-state index contributed by atoms with van der Waals surface area (Å²) < 4.78 is 24.1. The first kappa shape index (κ1) is 19.1. The molecule has 0 aromatic heterocycles. The van der Waals surface area contributed by atoms with Gasteiger partial charge in [-0.2, -0.15) is 0 Å². The van der Waals surface area contributed by atoms with Crippen LogP contribution >= 0.6 is 15.9 Å². The van der Waals surface area contributed by atoms with Crippen LogP contribution in [-0.2, 0) is 14.6 Å². The second-order valence-electron chi connectivity index (χ2n) is 5.49. The van der Waals surface area contributed by atoms with Crippen LogP contribution in [0.25, 0.3) is 0 Å². The number of benzene rings is 2. The summed E-state index contributed by atoms with van der Waals surface area (Å²) >= 11 is 3.30. The summed E-state index contributed by atoms with van der Waals surface area (Å²) in [6, 6.07) is 11.3. The van der Waals surface area contributed by atoms with Crippen molar-refractivity contribution in [3.8, 4) is 0 Å². The Bertz CT molecular complexity index is 909. The van der Waals surface area contributed by atoms with Gasteiger partial charge in [0.2, 0.25) is 5.91 Å². The highest BCUT2D eigenvalue weighted by atomic mass is 79.9. The summed E-state index contributed by atoms with van der Waals surface area (Å²) in [5.74, 6) is -0.887. The number of nitrogens with one attached hydrogen (secondary N) is 2. The highest BCUT2D eigenvalue weighted by Crippen LogP contribution is 2.16. The third-order valence-electron chi connectivity index (χ3n) is 3.42. The predicted octanol–water partition coefficient (Wildman–Crippen LogP) is 2.53. The molecular weight excluding hydrogens is 408 g/mol. The summed E-state index contributed by atoms with van der Waals surface area (Å²) in [4.78, 5) is 24.2. The molecule has 0 fully saturated rings. The Morgan fingerprint density at radius 2 is 1.72 bits per heavy atom. The summed E-state index contributed by atoms with van der Waals surface area (Å²) in [5, 5.41) is 5.15. The van der Waals surface area contributed by atoms with Crippen LogP contribution in [0.4, 0.5) is 5.69 Å². The molecule has 6 nitrogen and oxygen atoms in total. The number of amides is 2. The van der Waals surface area contributed by atoms with Crippen molar-refractivity contribution in [3.05, 3.63) is 58.1 Å². The Kier molecular flexibility index (Phi) is 5.97.